The molecule has 0 saturated heterocycles. The van der Waals surface area contributed by atoms with Crippen LogP contribution >= 0.6 is 0 Å². The SMILES string of the molecule is Cc1c(F)cccc1-c1n[nH]cc1CN(C)CCN. The first-order valence-electron chi connectivity index (χ1n) is 6.30. The Kier molecular flexibility index (Phi) is 4.29. The molecule has 102 valence electrons. The molecule has 0 aliphatic rings. The number of halogens is 1. The summed E-state index contributed by atoms with van der Waals surface area (Å²) in [6.07, 6.45) is 1.85. The van der Waals surface area contributed by atoms with Crippen LogP contribution in [0.3, 0.4) is 0 Å². The van der Waals surface area contributed by atoms with Crippen molar-refractivity contribution >= 4 is 0 Å². The highest BCUT2D eigenvalue weighted by atomic mass is 19.1. The van der Waals surface area contributed by atoms with Gasteiger partial charge < -0.3 is 10.6 Å². The standard InChI is InChI=1S/C14H19FN4/c1-10-12(4-3-5-13(10)15)14-11(8-17-18-14)9-19(2)7-6-16/h3-5,8H,6-7,9,16H2,1-2H3,(H,17,18). The number of nitrogens with one attached hydrogen (secondary N) is 1. The molecule has 1 aromatic carbocycles. The van der Waals surface area contributed by atoms with Crippen molar-refractivity contribution < 1.29 is 4.39 Å². The summed E-state index contributed by atoms with van der Waals surface area (Å²) >= 11 is 0. The third-order valence-corrected chi connectivity index (χ3v) is 3.19. The number of H-pyrrole nitrogens is 1. The van der Waals surface area contributed by atoms with E-state index in [0.29, 0.717) is 12.1 Å². The second-order valence-electron chi connectivity index (χ2n) is 4.70. The summed E-state index contributed by atoms with van der Waals surface area (Å²) in [5, 5.41) is 7.11. The second-order valence-corrected chi connectivity index (χ2v) is 4.70. The minimum absolute atomic E-state index is 0.207. The molecule has 0 radical (unpaired) electrons. The summed E-state index contributed by atoms with van der Waals surface area (Å²) in [5.74, 6) is -0.207. The van der Waals surface area contributed by atoms with E-state index < -0.39 is 0 Å². The van der Waals surface area contributed by atoms with Crippen LogP contribution in [0.25, 0.3) is 11.3 Å². The molecule has 0 unspecified atom stereocenters. The van der Waals surface area contributed by atoms with E-state index in [0.717, 1.165) is 29.9 Å². The average molecular weight is 262 g/mol. The highest BCUT2D eigenvalue weighted by Gasteiger charge is 2.13. The maximum atomic E-state index is 13.6. The zero-order valence-electron chi connectivity index (χ0n) is 11.3. The van der Waals surface area contributed by atoms with Gasteiger partial charge in [-0.25, -0.2) is 4.39 Å². The fourth-order valence-electron chi connectivity index (χ4n) is 2.12. The Labute approximate surface area is 112 Å². The molecule has 0 amide bonds. The van der Waals surface area contributed by atoms with Gasteiger partial charge in [0.2, 0.25) is 0 Å². The minimum Gasteiger partial charge on any atom is -0.329 e. The van der Waals surface area contributed by atoms with Crippen molar-refractivity contribution in [1.82, 2.24) is 15.1 Å². The topological polar surface area (TPSA) is 57.9 Å². The molecule has 1 aromatic heterocycles. The second kappa shape index (κ2) is 5.95. The molecule has 2 rings (SSSR count). The molecule has 0 fully saturated rings. The number of likely N-dealkylation sites (N-methyl/N-ethyl adjacent to an activating group) is 1. The van der Waals surface area contributed by atoms with E-state index >= 15 is 0 Å². The number of nitrogens with zero attached hydrogens (tertiary/aromatic N) is 2. The molecule has 5 heteroatoms. The molecular formula is C14H19FN4. The van der Waals surface area contributed by atoms with E-state index in [9.17, 15) is 4.39 Å². The zero-order chi connectivity index (χ0) is 13.8. The number of aromatic amines is 1. The van der Waals surface area contributed by atoms with Crippen LogP contribution in [-0.4, -0.2) is 35.2 Å². The Hall–Kier alpha value is -1.72. The van der Waals surface area contributed by atoms with Crippen molar-refractivity contribution in [3.05, 3.63) is 41.3 Å². The van der Waals surface area contributed by atoms with Gasteiger partial charge in [0.25, 0.3) is 0 Å². The molecule has 0 spiro atoms. The maximum absolute atomic E-state index is 13.6. The van der Waals surface area contributed by atoms with Gasteiger partial charge in [0.1, 0.15) is 5.82 Å². The van der Waals surface area contributed by atoms with E-state index in [1.54, 1.807) is 13.0 Å². The lowest BCUT2D eigenvalue weighted by atomic mass is 10.0. The van der Waals surface area contributed by atoms with Crippen LogP contribution in [-0.2, 0) is 6.54 Å². The predicted molar refractivity (Wildman–Crippen MR) is 74.1 cm³/mol. The summed E-state index contributed by atoms with van der Waals surface area (Å²) in [7, 11) is 2.00. The Balaban J connectivity index is 2.31. The molecule has 19 heavy (non-hydrogen) atoms. The molecule has 0 atom stereocenters. The summed E-state index contributed by atoms with van der Waals surface area (Å²) in [4.78, 5) is 2.11. The molecule has 3 N–H and O–H groups in total. The first-order chi connectivity index (χ1) is 9.13. The van der Waals surface area contributed by atoms with Crippen LogP contribution in [0.5, 0.6) is 0 Å². The van der Waals surface area contributed by atoms with E-state index in [4.69, 9.17) is 5.73 Å². The van der Waals surface area contributed by atoms with Gasteiger partial charge in [0, 0.05) is 37.0 Å². The van der Waals surface area contributed by atoms with Crippen molar-refractivity contribution in [2.45, 2.75) is 13.5 Å². The van der Waals surface area contributed by atoms with E-state index in [1.807, 2.05) is 19.3 Å². The van der Waals surface area contributed by atoms with Gasteiger partial charge in [-0.3, -0.25) is 5.10 Å². The Bertz CT molecular complexity index is 550. The molecule has 0 aliphatic carbocycles. The molecule has 2 aromatic rings. The fraction of sp³-hybridized carbons (Fsp3) is 0.357. The number of aromatic nitrogens is 2. The van der Waals surface area contributed by atoms with Gasteiger partial charge in [-0.2, -0.15) is 5.10 Å². The first-order valence-corrected chi connectivity index (χ1v) is 6.30. The van der Waals surface area contributed by atoms with E-state index in [1.165, 1.54) is 6.07 Å². The Morgan fingerprint density at radius 1 is 1.42 bits per heavy atom. The summed E-state index contributed by atoms with van der Waals surface area (Å²) in [5.41, 5.74) is 8.84. The lowest BCUT2D eigenvalue weighted by Gasteiger charge is -2.15. The highest BCUT2D eigenvalue weighted by Crippen LogP contribution is 2.26. The molecule has 0 aliphatic heterocycles. The first kappa shape index (κ1) is 13.7. The van der Waals surface area contributed by atoms with Gasteiger partial charge in [0.15, 0.2) is 0 Å². The van der Waals surface area contributed by atoms with Crippen molar-refractivity contribution in [1.29, 1.82) is 0 Å². The van der Waals surface area contributed by atoms with Gasteiger partial charge >= 0.3 is 0 Å². The predicted octanol–water partition coefficient (Wildman–Crippen LogP) is 1.91. The largest absolute Gasteiger partial charge is 0.329 e. The van der Waals surface area contributed by atoms with Gasteiger partial charge in [-0.15, -0.1) is 0 Å². The number of benzene rings is 1. The lowest BCUT2D eigenvalue weighted by molar-refractivity contribution is 0.337. The fourth-order valence-corrected chi connectivity index (χ4v) is 2.12. The number of nitrogens with two attached hydrogens (primary N) is 1. The van der Waals surface area contributed by atoms with Crippen molar-refractivity contribution in [2.24, 2.45) is 5.73 Å². The van der Waals surface area contributed by atoms with Crippen LogP contribution < -0.4 is 5.73 Å². The lowest BCUT2D eigenvalue weighted by Crippen LogP contribution is -2.25. The van der Waals surface area contributed by atoms with E-state index in [2.05, 4.69) is 15.1 Å². The number of rotatable bonds is 5. The van der Waals surface area contributed by atoms with Crippen molar-refractivity contribution in [3.8, 4) is 11.3 Å². The third-order valence-electron chi connectivity index (χ3n) is 3.19. The summed E-state index contributed by atoms with van der Waals surface area (Å²) in [6.45, 7) is 3.93. The van der Waals surface area contributed by atoms with Gasteiger partial charge in [-0.05, 0) is 25.6 Å². The van der Waals surface area contributed by atoms with Crippen LogP contribution in [0, 0.1) is 12.7 Å². The maximum Gasteiger partial charge on any atom is 0.126 e. The Morgan fingerprint density at radius 2 is 2.21 bits per heavy atom. The molecule has 0 saturated carbocycles. The molecule has 4 nitrogen and oxygen atoms in total. The van der Waals surface area contributed by atoms with Crippen LogP contribution in [0.1, 0.15) is 11.1 Å². The normalized spacial score (nSPS) is 11.2. The van der Waals surface area contributed by atoms with Crippen molar-refractivity contribution in [3.63, 3.8) is 0 Å². The minimum atomic E-state index is -0.207. The van der Waals surface area contributed by atoms with Crippen LogP contribution in [0.2, 0.25) is 0 Å². The highest BCUT2D eigenvalue weighted by molar-refractivity contribution is 5.66. The Morgan fingerprint density at radius 3 is 2.95 bits per heavy atom. The van der Waals surface area contributed by atoms with Crippen molar-refractivity contribution in [2.75, 3.05) is 20.1 Å². The van der Waals surface area contributed by atoms with Crippen LogP contribution in [0.15, 0.2) is 24.4 Å². The molecule has 0 bridgehead atoms. The third kappa shape index (κ3) is 3.00. The van der Waals surface area contributed by atoms with E-state index in [-0.39, 0.29) is 5.82 Å². The van der Waals surface area contributed by atoms with Gasteiger partial charge in [-0.1, -0.05) is 12.1 Å². The molecular weight excluding hydrogens is 243 g/mol. The quantitative estimate of drug-likeness (QED) is 0.865. The smallest absolute Gasteiger partial charge is 0.126 e. The molecule has 1 heterocycles. The summed E-state index contributed by atoms with van der Waals surface area (Å²) in [6, 6.07) is 5.06. The zero-order valence-corrected chi connectivity index (χ0v) is 11.3. The average Bonchev–Trinajstić information content (AvgIpc) is 2.81. The van der Waals surface area contributed by atoms with Gasteiger partial charge in [0.05, 0.1) is 5.69 Å². The number of hydrogen-bond acceptors (Lipinski definition) is 3. The van der Waals surface area contributed by atoms with Crippen LogP contribution in [0.4, 0.5) is 4.39 Å². The number of hydrogen-bond donors (Lipinski definition) is 2. The monoisotopic (exact) mass is 262 g/mol. The summed E-state index contributed by atoms with van der Waals surface area (Å²) < 4.78 is 13.6.